The number of anilines is 1. The van der Waals surface area contributed by atoms with Crippen LogP contribution in [0.2, 0.25) is 0 Å². The second kappa shape index (κ2) is 7.20. The molecule has 0 radical (unpaired) electrons. The van der Waals surface area contributed by atoms with Crippen molar-refractivity contribution in [2.75, 3.05) is 11.9 Å². The highest BCUT2D eigenvalue weighted by Gasteiger charge is 2.22. The number of nitrogens with one attached hydrogen (secondary N) is 1. The zero-order chi connectivity index (χ0) is 16.1. The van der Waals surface area contributed by atoms with Crippen molar-refractivity contribution >= 4 is 23.3 Å². The van der Waals surface area contributed by atoms with Gasteiger partial charge >= 0.3 is 11.9 Å². The molecule has 0 aromatic heterocycles. The molecule has 0 saturated heterocycles. The monoisotopic (exact) mass is 303 g/mol. The predicted molar refractivity (Wildman–Crippen MR) is 82.7 cm³/mol. The molecule has 1 aliphatic rings. The van der Waals surface area contributed by atoms with Gasteiger partial charge in [-0.3, -0.25) is 4.79 Å². The Kier molecular flexibility index (Phi) is 5.31. The third-order valence-electron chi connectivity index (χ3n) is 3.84. The van der Waals surface area contributed by atoms with Crippen LogP contribution < -0.4 is 5.32 Å². The number of rotatable bonds is 5. The zero-order valence-corrected chi connectivity index (χ0v) is 13.0. The second-order valence-corrected chi connectivity index (χ2v) is 5.46. The lowest BCUT2D eigenvalue weighted by molar-refractivity contribution is -0.152. The fraction of sp³-hybridized carbons (Fsp3) is 0.471. The van der Waals surface area contributed by atoms with E-state index in [0.717, 1.165) is 36.8 Å². The Morgan fingerprint density at radius 3 is 2.59 bits per heavy atom. The molecule has 0 atom stereocenters. The summed E-state index contributed by atoms with van der Waals surface area (Å²) in [5.41, 5.74) is 4.13. The molecule has 1 amide bonds. The van der Waals surface area contributed by atoms with Crippen LogP contribution in [0.1, 0.15) is 43.4 Å². The van der Waals surface area contributed by atoms with Crippen molar-refractivity contribution in [3.05, 3.63) is 28.8 Å². The van der Waals surface area contributed by atoms with Gasteiger partial charge in [0, 0.05) is 12.1 Å². The van der Waals surface area contributed by atoms with Gasteiger partial charge in [-0.25, -0.2) is 4.79 Å². The number of esters is 1. The van der Waals surface area contributed by atoms with Gasteiger partial charge in [0.2, 0.25) is 0 Å². The number of hydrogen-bond acceptors (Lipinski definition) is 4. The van der Waals surface area contributed by atoms with Crippen LogP contribution in [0.4, 0.5) is 5.69 Å². The predicted octanol–water partition coefficient (Wildman–Crippen LogP) is 2.20. The molecule has 118 valence electrons. The fourth-order valence-corrected chi connectivity index (χ4v) is 2.81. The smallest absolute Gasteiger partial charge is 0.397 e. The van der Waals surface area contributed by atoms with Gasteiger partial charge in [0.25, 0.3) is 0 Å². The third-order valence-corrected chi connectivity index (χ3v) is 3.84. The van der Waals surface area contributed by atoms with E-state index in [2.05, 4.69) is 5.32 Å². The van der Waals surface area contributed by atoms with Crippen molar-refractivity contribution in [2.45, 2.75) is 46.0 Å². The number of carbonyl (C=O) groups excluding carboxylic acids is 3. The summed E-state index contributed by atoms with van der Waals surface area (Å²) in [4.78, 5) is 34.3. The van der Waals surface area contributed by atoms with E-state index >= 15 is 0 Å². The number of hydrogen-bond donors (Lipinski definition) is 1. The largest absolute Gasteiger partial charge is 0.459 e. The molecule has 0 aliphatic heterocycles. The van der Waals surface area contributed by atoms with E-state index in [1.165, 1.54) is 5.56 Å². The first kappa shape index (κ1) is 16.2. The van der Waals surface area contributed by atoms with Gasteiger partial charge in [0.15, 0.2) is 0 Å². The van der Waals surface area contributed by atoms with Gasteiger partial charge in [0.1, 0.15) is 5.78 Å². The lowest BCUT2D eigenvalue weighted by atomic mass is 9.97. The molecule has 1 N–H and O–H groups in total. The average molecular weight is 303 g/mol. The van der Waals surface area contributed by atoms with Crippen molar-refractivity contribution < 1.29 is 19.1 Å². The number of aryl methyl sites for hydroxylation is 1. The number of Topliss-reactive ketones (excluding diaryl/α,β-unsaturated/α-hetero) is 1. The molecule has 0 fully saturated rings. The number of carbonyl (C=O) groups is 3. The molecule has 5 nitrogen and oxygen atoms in total. The standard InChI is InChI=1S/C17H21NO4/c1-3-22-17(21)16(20)18-15-10-9-12(8-7-11(2)19)13-5-4-6-14(13)15/h9-10H,3-8H2,1-2H3,(H,18,20). The topological polar surface area (TPSA) is 72.5 Å². The summed E-state index contributed by atoms with van der Waals surface area (Å²) in [6, 6.07) is 3.75. The first-order valence-corrected chi connectivity index (χ1v) is 7.64. The molecule has 0 unspecified atom stereocenters. The molecule has 0 saturated carbocycles. The van der Waals surface area contributed by atoms with Crippen LogP contribution in [0, 0.1) is 0 Å². The van der Waals surface area contributed by atoms with Crippen LogP contribution in [0.5, 0.6) is 0 Å². The van der Waals surface area contributed by atoms with Crippen LogP contribution >= 0.6 is 0 Å². The van der Waals surface area contributed by atoms with E-state index in [9.17, 15) is 14.4 Å². The van der Waals surface area contributed by atoms with Crippen molar-refractivity contribution in [3.63, 3.8) is 0 Å². The molecule has 1 aromatic carbocycles. The Labute approximate surface area is 130 Å². The second-order valence-electron chi connectivity index (χ2n) is 5.46. The number of fused-ring (bicyclic) bond motifs is 1. The molecular weight excluding hydrogens is 282 g/mol. The van der Waals surface area contributed by atoms with Gasteiger partial charge < -0.3 is 14.8 Å². The molecule has 2 rings (SSSR count). The van der Waals surface area contributed by atoms with E-state index in [1.807, 2.05) is 12.1 Å². The molecule has 0 heterocycles. The van der Waals surface area contributed by atoms with Crippen LogP contribution in [0.15, 0.2) is 12.1 Å². The lowest BCUT2D eigenvalue weighted by Crippen LogP contribution is -2.25. The highest BCUT2D eigenvalue weighted by Crippen LogP contribution is 2.32. The van der Waals surface area contributed by atoms with Crippen LogP contribution in [0.3, 0.4) is 0 Å². The Hall–Kier alpha value is -2.17. The summed E-state index contributed by atoms with van der Waals surface area (Å²) in [6.45, 7) is 3.43. The van der Waals surface area contributed by atoms with E-state index in [4.69, 9.17) is 4.74 Å². The maximum absolute atomic E-state index is 11.8. The Morgan fingerprint density at radius 1 is 1.18 bits per heavy atom. The number of ketones is 1. The van der Waals surface area contributed by atoms with E-state index in [-0.39, 0.29) is 12.4 Å². The van der Waals surface area contributed by atoms with Gasteiger partial charge in [0.05, 0.1) is 6.61 Å². The van der Waals surface area contributed by atoms with E-state index in [0.29, 0.717) is 12.1 Å². The lowest BCUT2D eigenvalue weighted by Gasteiger charge is -2.13. The van der Waals surface area contributed by atoms with Crippen LogP contribution in [-0.4, -0.2) is 24.3 Å². The normalized spacial score (nSPS) is 12.6. The first-order chi connectivity index (χ1) is 10.5. The van der Waals surface area contributed by atoms with Gasteiger partial charge in [-0.1, -0.05) is 6.07 Å². The zero-order valence-electron chi connectivity index (χ0n) is 13.0. The summed E-state index contributed by atoms with van der Waals surface area (Å²) in [5.74, 6) is -1.44. The SMILES string of the molecule is CCOC(=O)C(=O)Nc1ccc(CCC(C)=O)c2c1CCC2. The quantitative estimate of drug-likeness (QED) is 0.668. The van der Waals surface area contributed by atoms with Gasteiger partial charge in [-0.05, 0) is 62.3 Å². The summed E-state index contributed by atoms with van der Waals surface area (Å²) in [6.07, 6.45) is 4.10. The minimum absolute atomic E-state index is 0.173. The van der Waals surface area contributed by atoms with Gasteiger partial charge in [-0.2, -0.15) is 0 Å². The molecule has 22 heavy (non-hydrogen) atoms. The van der Waals surface area contributed by atoms with Crippen molar-refractivity contribution in [3.8, 4) is 0 Å². The maximum Gasteiger partial charge on any atom is 0.397 e. The number of benzene rings is 1. The highest BCUT2D eigenvalue weighted by atomic mass is 16.5. The average Bonchev–Trinajstić information content (AvgIpc) is 2.96. The minimum atomic E-state index is -0.866. The van der Waals surface area contributed by atoms with Gasteiger partial charge in [-0.15, -0.1) is 0 Å². The first-order valence-electron chi connectivity index (χ1n) is 7.64. The molecule has 5 heteroatoms. The van der Waals surface area contributed by atoms with Crippen molar-refractivity contribution in [1.82, 2.24) is 0 Å². The fourth-order valence-electron chi connectivity index (χ4n) is 2.81. The summed E-state index contributed by atoms with van der Waals surface area (Å²) in [7, 11) is 0. The van der Waals surface area contributed by atoms with Crippen LogP contribution in [0.25, 0.3) is 0 Å². The highest BCUT2D eigenvalue weighted by molar-refractivity contribution is 6.37. The maximum atomic E-state index is 11.8. The molecular formula is C17H21NO4. The number of ether oxygens (including phenoxy) is 1. The molecule has 0 bridgehead atoms. The van der Waals surface area contributed by atoms with E-state index in [1.54, 1.807) is 13.8 Å². The minimum Gasteiger partial charge on any atom is -0.459 e. The molecule has 1 aliphatic carbocycles. The summed E-state index contributed by atoms with van der Waals surface area (Å²) >= 11 is 0. The van der Waals surface area contributed by atoms with E-state index < -0.39 is 11.9 Å². The van der Waals surface area contributed by atoms with Crippen LogP contribution in [-0.2, 0) is 38.4 Å². The number of amides is 1. The summed E-state index contributed by atoms with van der Waals surface area (Å²) in [5, 5.41) is 2.64. The summed E-state index contributed by atoms with van der Waals surface area (Å²) < 4.78 is 4.70. The molecule has 0 spiro atoms. The van der Waals surface area contributed by atoms with Crippen molar-refractivity contribution in [1.29, 1.82) is 0 Å². The Bertz CT molecular complexity index is 607. The Balaban J connectivity index is 2.17. The third kappa shape index (κ3) is 3.72. The van der Waals surface area contributed by atoms with Crippen molar-refractivity contribution in [2.24, 2.45) is 0 Å². The molecule has 1 aromatic rings. The Morgan fingerprint density at radius 2 is 1.91 bits per heavy atom.